The standard InChI is InChI=1S/C16H22ClNO2/c1-2-18-10-16(4-6-19-11-16)9-13-8-14(17)7-12-3-5-20-15(12)13/h7-8,18H,2-6,9-11H2,1H3. The van der Waals surface area contributed by atoms with Crippen molar-refractivity contribution in [1.82, 2.24) is 5.32 Å². The van der Waals surface area contributed by atoms with Crippen molar-refractivity contribution < 1.29 is 9.47 Å². The van der Waals surface area contributed by atoms with Crippen LogP contribution in [0.1, 0.15) is 24.5 Å². The van der Waals surface area contributed by atoms with Crippen LogP contribution in [0.25, 0.3) is 0 Å². The predicted molar refractivity (Wildman–Crippen MR) is 80.8 cm³/mol. The lowest BCUT2D eigenvalue weighted by atomic mass is 9.80. The Morgan fingerprint density at radius 3 is 3.00 bits per heavy atom. The van der Waals surface area contributed by atoms with Crippen molar-refractivity contribution in [2.75, 3.05) is 32.9 Å². The first-order valence-electron chi connectivity index (χ1n) is 7.45. The van der Waals surface area contributed by atoms with Gasteiger partial charge in [0, 0.05) is 30.0 Å². The van der Waals surface area contributed by atoms with Gasteiger partial charge >= 0.3 is 0 Å². The topological polar surface area (TPSA) is 30.5 Å². The zero-order valence-electron chi connectivity index (χ0n) is 12.0. The zero-order valence-corrected chi connectivity index (χ0v) is 12.8. The molecule has 1 atom stereocenters. The Kier molecular flexibility index (Phi) is 4.20. The molecule has 1 unspecified atom stereocenters. The van der Waals surface area contributed by atoms with Gasteiger partial charge in [-0.25, -0.2) is 0 Å². The van der Waals surface area contributed by atoms with E-state index in [1.807, 2.05) is 6.07 Å². The van der Waals surface area contributed by atoms with Gasteiger partial charge < -0.3 is 14.8 Å². The summed E-state index contributed by atoms with van der Waals surface area (Å²) in [5.41, 5.74) is 2.68. The highest BCUT2D eigenvalue weighted by Crippen LogP contribution is 2.39. The molecule has 0 amide bonds. The molecule has 20 heavy (non-hydrogen) atoms. The molecular weight excluding hydrogens is 274 g/mol. The molecule has 1 fully saturated rings. The van der Waals surface area contributed by atoms with Gasteiger partial charge in [-0.2, -0.15) is 0 Å². The molecule has 0 radical (unpaired) electrons. The largest absolute Gasteiger partial charge is 0.493 e. The number of hydrogen-bond acceptors (Lipinski definition) is 3. The van der Waals surface area contributed by atoms with Gasteiger partial charge in [0.1, 0.15) is 5.75 Å². The fraction of sp³-hybridized carbons (Fsp3) is 0.625. The Labute approximate surface area is 125 Å². The van der Waals surface area contributed by atoms with Crippen LogP contribution >= 0.6 is 11.6 Å². The van der Waals surface area contributed by atoms with Crippen molar-refractivity contribution in [3.63, 3.8) is 0 Å². The van der Waals surface area contributed by atoms with Gasteiger partial charge in [-0.1, -0.05) is 18.5 Å². The molecule has 110 valence electrons. The first kappa shape index (κ1) is 14.2. The van der Waals surface area contributed by atoms with E-state index < -0.39 is 0 Å². The van der Waals surface area contributed by atoms with Crippen LogP contribution in [0.3, 0.4) is 0 Å². The third-order valence-corrected chi connectivity index (χ3v) is 4.54. The summed E-state index contributed by atoms with van der Waals surface area (Å²) in [4.78, 5) is 0. The Bertz CT molecular complexity index is 484. The zero-order chi connectivity index (χ0) is 14.0. The highest BCUT2D eigenvalue weighted by molar-refractivity contribution is 6.30. The van der Waals surface area contributed by atoms with E-state index in [1.165, 1.54) is 11.1 Å². The van der Waals surface area contributed by atoms with Crippen molar-refractivity contribution in [1.29, 1.82) is 0 Å². The average Bonchev–Trinajstić information content (AvgIpc) is 3.06. The van der Waals surface area contributed by atoms with Crippen LogP contribution < -0.4 is 10.1 Å². The summed E-state index contributed by atoms with van der Waals surface area (Å²) >= 11 is 6.26. The van der Waals surface area contributed by atoms with E-state index in [0.717, 1.165) is 62.9 Å². The molecule has 2 aliphatic heterocycles. The number of nitrogens with one attached hydrogen (secondary N) is 1. The van der Waals surface area contributed by atoms with Crippen LogP contribution in [0.4, 0.5) is 0 Å². The number of benzene rings is 1. The van der Waals surface area contributed by atoms with Crippen molar-refractivity contribution >= 4 is 11.6 Å². The minimum absolute atomic E-state index is 0.181. The fourth-order valence-electron chi connectivity index (χ4n) is 3.26. The van der Waals surface area contributed by atoms with Crippen molar-refractivity contribution in [3.05, 3.63) is 28.3 Å². The Balaban J connectivity index is 1.85. The van der Waals surface area contributed by atoms with Crippen molar-refractivity contribution in [2.24, 2.45) is 5.41 Å². The molecule has 3 rings (SSSR count). The van der Waals surface area contributed by atoms with E-state index in [2.05, 4.69) is 18.3 Å². The summed E-state index contributed by atoms with van der Waals surface area (Å²) in [5, 5.41) is 4.30. The Morgan fingerprint density at radius 1 is 1.35 bits per heavy atom. The fourth-order valence-corrected chi connectivity index (χ4v) is 3.53. The molecule has 4 heteroatoms. The molecule has 0 aromatic heterocycles. The monoisotopic (exact) mass is 295 g/mol. The van der Waals surface area contributed by atoms with E-state index in [0.29, 0.717) is 0 Å². The molecule has 1 N–H and O–H groups in total. The van der Waals surface area contributed by atoms with E-state index in [-0.39, 0.29) is 5.41 Å². The highest BCUT2D eigenvalue weighted by Gasteiger charge is 2.36. The number of fused-ring (bicyclic) bond motifs is 1. The molecule has 1 aromatic carbocycles. The maximum absolute atomic E-state index is 6.26. The van der Waals surface area contributed by atoms with Crippen LogP contribution in [-0.2, 0) is 17.6 Å². The molecule has 0 bridgehead atoms. The van der Waals surface area contributed by atoms with Crippen LogP contribution in [0, 0.1) is 5.41 Å². The second kappa shape index (κ2) is 5.92. The van der Waals surface area contributed by atoms with E-state index in [9.17, 15) is 0 Å². The van der Waals surface area contributed by atoms with Gasteiger partial charge in [-0.3, -0.25) is 0 Å². The average molecular weight is 296 g/mol. The van der Waals surface area contributed by atoms with Crippen LogP contribution in [-0.4, -0.2) is 32.9 Å². The number of ether oxygens (including phenoxy) is 2. The molecule has 1 aromatic rings. The van der Waals surface area contributed by atoms with Gasteiger partial charge in [-0.05, 0) is 42.6 Å². The first-order valence-corrected chi connectivity index (χ1v) is 7.83. The molecular formula is C16H22ClNO2. The van der Waals surface area contributed by atoms with E-state index in [4.69, 9.17) is 21.1 Å². The normalized spacial score (nSPS) is 24.7. The van der Waals surface area contributed by atoms with Crippen LogP contribution in [0.15, 0.2) is 12.1 Å². The molecule has 2 aliphatic rings. The lowest BCUT2D eigenvalue weighted by Gasteiger charge is -2.28. The van der Waals surface area contributed by atoms with Crippen molar-refractivity contribution in [3.8, 4) is 5.75 Å². The van der Waals surface area contributed by atoms with Gasteiger partial charge in [0.25, 0.3) is 0 Å². The molecule has 0 aliphatic carbocycles. The number of hydrogen-bond donors (Lipinski definition) is 1. The lowest BCUT2D eigenvalue weighted by molar-refractivity contribution is 0.149. The minimum Gasteiger partial charge on any atom is -0.493 e. The summed E-state index contributed by atoms with van der Waals surface area (Å²) in [7, 11) is 0. The Hall–Kier alpha value is -0.770. The summed E-state index contributed by atoms with van der Waals surface area (Å²) in [6, 6.07) is 4.10. The minimum atomic E-state index is 0.181. The predicted octanol–water partition coefficient (Wildman–Crippen LogP) is 2.83. The van der Waals surface area contributed by atoms with E-state index >= 15 is 0 Å². The summed E-state index contributed by atoms with van der Waals surface area (Å²) < 4.78 is 11.5. The third-order valence-electron chi connectivity index (χ3n) is 4.33. The molecule has 0 spiro atoms. The smallest absolute Gasteiger partial charge is 0.125 e. The molecule has 2 heterocycles. The van der Waals surface area contributed by atoms with Crippen LogP contribution in [0.5, 0.6) is 5.75 Å². The number of rotatable bonds is 5. The summed E-state index contributed by atoms with van der Waals surface area (Å²) in [6.45, 7) is 6.58. The Morgan fingerprint density at radius 2 is 2.25 bits per heavy atom. The SMILES string of the molecule is CCNCC1(Cc2cc(Cl)cc3c2OCC3)CCOC1. The summed E-state index contributed by atoms with van der Waals surface area (Å²) in [6.07, 6.45) is 3.05. The second-order valence-corrected chi connectivity index (χ2v) is 6.35. The maximum atomic E-state index is 6.26. The van der Waals surface area contributed by atoms with Gasteiger partial charge in [0.15, 0.2) is 0 Å². The van der Waals surface area contributed by atoms with Gasteiger partial charge in [0.2, 0.25) is 0 Å². The maximum Gasteiger partial charge on any atom is 0.125 e. The quantitative estimate of drug-likeness (QED) is 0.906. The van der Waals surface area contributed by atoms with Gasteiger partial charge in [-0.15, -0.1) is 0 Å². The molecule has 3 nitrogen and oxygen atoms in total. The van der Waals surface area contributed by atoms with Gasteiger partial charge in [0.05, 0.1) is 13.2 Å². The highest BCUT2D eigenvalue weighted by atomic mass is 35.5. The first-order chi connectivity index (χ1) is 9.72. The third kappa shape index (κ3) is 2.80. The lowest BCUT2D eigenvalue weighted by Crippen LogP contribution is -2.36. The van der Waals surface area contributed by atoms with Crippen molar-refractivity contribution in [2.45, 2.75) is 26.2 Å². The van der Waals surface area contributed by atoms with E-state index in [1.54, 1.807) is 0 Å². The van der Waals surface area contributed by atoms with Crippen LogP contribution in [0.2, 0.25) is 5.02 Å². The second-order valence-electron chi connectivity index (χ2n) is 5.91. The molecule has 1 saturated heterocycles. The summed E-state index contributed by atoms with van der Waals surface area (Å²) in [5.74, 6) is 1.07. The number of halogens is 1. The molecule has 0 saturated carbocycles.